The number of nitrogens with one attached hydrogen (secondary N) is 3. The number of hydrogen-bond donors (Lipinski definition) is 3. The molecule has 1 amide bonds. The van der Waals surface area contributed by atoms with Gasteiger partial charge in [-0.15, -0.1) is 0 Å². The molecule has 1 aromatic heterocycles. The highest BCUT2D eigenvalue weighted by Crippen LogP contribution is 2.21. The molecule has 0 spiro atoms. The van der Waals surface area contributed by atoms with Gasteiger partial charge < -0.3 is 15.1 Å². The summed E-state index contributed by atoms with van der Waals surface area (Å²) in [5, 5.41) is 5.71. The van der Waals surface area contributed by atoms with E-state index in [0.717, 1.165) is 5.69 Å². The van der Waals surface area contributed by atoms with Gasteiger partial charge in [0.25, 0.3) is 5.91 Å². The van der Waals surface area contributed by atoms with E-state index in [1.165, 1.54) is 24.3 Å². The smallest absolute Gasteiger partial charge is 0.408 e. The number of H-pyrrole nitrogens is 1. The van der Waals surface area contributed by atoms with Gasteiger partial charge in [0.05, 0.1) is 11.2 Å². The van der Waals surface area contributed by atoms with E-state index in [1.54, 1.807) is 12.1 Å². The summed E-state index contributed by atoms with van der Waals surface area (Å²) in [7, 11) is 0. The summed E-state index contributed by atoms with van der Waals surface area (Å²) in [6.45, 7) is 0.280. The van der Waals surface area contributed by atoms with Crippen LogP contribution in [0.1, 0.15) is 15.9 Å². The molecule has 0 aliphatic heterocycles. The molecule has 6 nitrogen and oxygen atoms in total. The van der Waals surface area contributed by atoms with Crippen molar-refractivity contribution >= 4 is 28.4 Å². The van der Waals surface area contributed by atoms with Crippen molar-refractivity contribution in [2.24, 2.45) is 0 Å². The van der Waals surface area contributed by atoms with Crippen molar-refractivity contribution in [1.82, 2.24) is 4.98 Å². The van der Waals surface area contributed by atoms with Crippen LogP contribution in [0.2, 0.25) is 0 Å². The van der Waals surface area contributed by atoms with Gasteiger partial charge in [-0.1, -0.05) is 30.3 Å². The number of amides is 1. The molecule has 4 rings (SSSR count). The van der Waals surface area contributed by atoms with Crippen LogP contribution in [0.5, 0.6) is 0 Å². The van der Waals surface area contributed by atoms with Gasteiger partial charge in [0.2, 0.25) is 0 Å². The SMILES string of the molecule is O=C(Nc1cccc(CNc2ccccc2)c1F)c1ccc2oc(=O)[nH]c2c1. The third-order valence-electron chi connectivity index (χ3n) is 4.26. The van der Waals surface area contributed by atoms with Crippen LogP contribution in [0.15, 0.2) is 75.9 Å². The highest BCUT2D eigenvalue weighted by Gasteiger charge is 2.13. The molecule has 0 saturated carbocycles. The first kappa shape index (κ1) is 17.5. The average Bonchev–Trinajstić information content (AvgIpc) is 3.08. The van der Waals surface area contributed by atoms with Crippen molar-refractivity contribution in [3.05, 3.63) is 94.2 Å². The van der Waals surface area contributed by atoms with E-state index in [4.69, 9.17) is 4.42 Å². The van der Waals surface area contributed by atoms with Crippen LogP contribution in [-0.2, 0) is 6.54 Å². The second-order valence-electron chi connectivity index (χ2n) is 6.18. The van der Waals surface area contributed by atoms with Crippen LogP contribution < -0.4 is 16.4 Å². The third-order valence-corrected chi connectivity index (χ3v) is 4.26. The van der Waals surface area contributed by atoms with Gasteiger partial charge in [0.15, 0.2) is 11.4 Å². The highest BCUT2D eigenvalue weighted by atomic mass is 19.1. The number of anilines is 2. The number of fused-ring (bicyclic) bond motifs is 1. The quantitative estimate of drug-likeness (QED) is 0.488. The van der Waals surface area contributed by atoms with E-state index in [1.807, 2.05) is 30.3 Å². The van der Waals surface area contributed by atoms with Crippen molar-refractivity contribution in [1.29, 1.82) is 0 Å². The van der Waals surface area contributed by atoms with Crippen molar-refractivity contribution in [2.75, 3.05) is 10.6 Å². The molecule has 3 aromatic carbocycles. The zero-order valence-electron chi connectivity index (χ0n) is 14.7. The molecule has 140 valence electrons. The Hall–Kier alpha value is -3.87. The van der Waals surface area contributed by atoms with Crippen LogP contribution in [0.25, 0.3) is 11.1 Å². The first-order valence-electron chi connectivity index (χ1n) is 8.61. The summed E-state index contributed by atoms with van der Waals surface area (Å²) in [5.41, 5.74) is 2.41. The number of hydrogen-bond acceptors (Lipinski definition) is 4. The first-order valence-corrected chi connectivity index (χ1v) is 8.61. The molecule has 28 heavy (non-hydrogen) atoms. The predicted molar refractivity (Wildman–Crippen MR) is 105 cm³/mol. The van der Waals surface area contributed by atoms with Crippen LogP contribution in [-0.4, -0.2) is 10.9 Å². The Morgan fingerprint density at radius 2 is 1.86 bits per heavy atom. The Bertz CT molecular complexity index is 1200. The van der Waals surface area contributed by atoms with Crippen molar-refractivity contribution in [3.8, 4) is 0 Å². The maximum atomic E-state index is 14.8. The van der Waals surface area contributed by atoms with Crippen LogP contribution in [0.4, 0.5) is 15.8 Å². The molecule has 1 heterocycles. The lowest BCUT2D eigenvalue weighted by atomic mass is 10.1. The number of aromatic nitrogens is 1. The number of halogens is 1. The maximum Gasteiger partial charge on any atom is 0.417 e. The van der Waals surface area contributed by atoms with Crippen molar-refractivity contribution in [3.63, 3.8) is 0 Å². The summed E-state index contributed by atoms with van der Waals surface area (Å²) >= 11 is 0. The van der Waals surface area contributed by atoms with Gasteiger partial charge in [0, 0.05) is 23.4 Å². The molecule has 7 heteroatoms. The zero-order chi connectivity index (χ0) is 19.5. The van der Waals surface area contributed by atoms with E-state index < -0.39 is 17.5 Å². The second kappa shape index (κ2) is 7.40. The van der Waals surface area contributed by atoms with Crippen LogP contribution >= 0.6 is 0 Å². The molecular weight excluding hydrogens is 361 g/mol. The highest BCUT2D eigenvalue weighted by molar-refractivity contribution is 6.05. The van der Waals surface area contributed by atoms with Gasteiger partial charge in [-0.3, -0.25) is 9.78 Å². The molecule has 0 saturated heterocycles. The third kappa shape index (κ3) is 3.64. The molecule has 0 aliphatic rings. The van der Waals surface area contributed by atoms with Crippen LogP contribution in [0.3, 0.4) is 0 Å². The van der Waals surface area contributed by atoms with E-state index in [2.05, 4.69) is 15.6 Å². The van der Waals surface area contributed by atoms with Gasteiger partial charge in [-0.05, 0) is 36.4 Å². The topological polar surface area (TPSA) is 87.1 Å². The fourth-order valence-electron chi connectivity index (χ4n) is 2.85. The lowest BCUT2D eigenvalue weighted by Crippen LogP contribution is -2.14. The lowest BCUT2D eigenvalue weighted by Gasteiger charge is -2.11. The fraction of sp³-hybridized carbons (Fsp3) is 0.0476. The Kier molecular flexibility index (Phi) is 4.63. The van der Waals surface area contributed by atoms with Gasteiger partial charge in [-0.2, -0.15) is 0 Å². The van der Waals surface area contributed by atoms with Gasteiger partial charge in [-0.25, -0.2) is 9.18 Å². The van der Waals surface area contributed by atoms with E-state index in [-0.39, 0.29) is 17.8 Å². The Labute approximate surface area is 159 Å². The van der Waals surface area contributed by atoms with E-state index in [0.29, 0.717) is 16.7 Å². The molecule has 3 N–H and O–H groups in total. The standard InChI is InChI=1S/C21H16FN3O3/c22-19-14(12-23-15-6-2-1-3-7-15)5-4-8-16(19)24-20(26)13-9-10-18-17(11-13)25-21(27)28-18/h1-11,23H,12H2,(H,24,26)(H,25,27). The number of rotatable bonds is 5. The lowest BCUT2D eigenvalue weighted by molar-refractivity contribution is 0.102. The Balaban J connectivity index is 1.52. The van der Waals surface area contributed by atoms with Gasteiger partial charge in [0.1, 0.15) is 0 Å². The Morgan fingerprint density at radius 1 is 1.04 bits per heavy atom. The van der Waals surface area contributed by atoms with Crippen molar-refractivity contribution < 1.29 is 13.6 Å². The molecule has 0 fully saturated rings. The predicted octanol–water partition coefficient (Wildman–Crippen LogP) is 4.12. The number of aromatic amines is 1. The summed E-state index contributed by atoms with van der Waals surface area (Å²) in [6, 6.07) is 18.8. The Morgan fingerprint density at radius 3 is 2.68 bits per heavy atom. The number of para-hydroxylation sites is 1. The van der Waals surface area contributed by atoms with Gasteiger partial charge >= 0.3 is 5.76 Å². The number of carbonyl (C=O) groups is 1. The number of carbonyl (C=O) groups excluding carboxylic acids is 1. The summed E-state index contributed by atoms with van der Waals surface area (Å²) < 4.78 is 19.7. The number of benzene rings is 3. The molecule has 0 atom stereocenters. The molecule has 0 unspecified atom stereocenters. The monoisotopic (exact) mass is 377 g/mol. The minimum absolute atomic E-state index is 0.0816. The van der Waals surface area contributed by atoms with E-state index >= 15 is 0 Å². The summed E-state index contributed by atoms with van der Waals surface area (Å²) in [6.07, 6.45) is 0. The molecular formula is C21H16FN3O3. The maximum absolute atomic E-state index is 14.8. The average molecular weight is 377 g/mol. The summed E-state index contributed by atoms with van der Waals surface area (Å²) in [5.74, 6) is -1.59. The minimum atomic E-state index is -0.600. The van der Waals surface area contributed by atoms with Crippen LogP contribution in [0, 0.1) is 5.82 Å². The zero-order valence-corrected chi connectivity index (χ0v) is 14.7. The normalized spacial score (nSPS) is 10.8. The summed E-state index contributed by atoms with van der Waals surface area (Å²) in [4.78, 5) is 26.2. The molecule has 0 bridgehead atoms. The first-order chi connectivity index (χ1) is 13.6. The largest absolute Gasteiger partial charge is 0.417 e. The molecule has 0 aliphatic carbocycles. The van der Waals surface area contributed by atoms with E-state index in [9.17, 15) is 14.0 Å². The molecule has 4 aromatic rings. The number of oxazole rings is 1. The van der Waals surface area contributed by atoms with Crippen molar-refractivity contribution in [2.45, 2.75) is 6.54 Å². The fourth-order valence-corrected chi connectivity index (χ4v) is 2.85. The molecule has 0 radical (unpaired) electrons. The minimum Gasteiger partial charge on any atom is -0.408 e. The second-order valence-corrected chi connectivity index (χ2v) is 6.18.